The number of aromatic amines is 1. The molecule has 0 radical (unpaired) electrons. The first kappa shape index (κ1) is 19.1. The van der Waals surface area contributed by atoms with Crippen LogP contribution in [0.15, 0.2) is 64.9 Å². The Kier molecular flexibility index (Phi) is 5.53. The molecule has 0 aliphatic rings. The standard InChI is InChI=1S/C23H20N2O3S/c1-2-15-7-9-16(10-8-15)23-25-18(14-29-23)13-28-21(26)11-17-12-24-20-6-4-3-5-19(20)22(17)27/h3-10,12,14H,2,11,13H2,1H3,(H,24,27). The minimum atomic E-state index is -0.451. The molecule has 146 valence electrons. The second-order valence-electron chi connectivity index (χ2n) is 6.72. The fourth-order valence-corrected chi connectivity index (χ4v) is 3.90. The van der Waals surface area contributed by atoms with Crippen molar-refractivity contribution in [2.75, 3.05) is 0 Å². The number of carbonyl (C=O) groups excluding carboxylic acids is 1. The van der Waals surface area contributed by atoms with Gasteiger partial charge in [-0.25, -0.2) is 4.98 Å². The molecule has 0 aliphatic carbocycles. The van der Waals surface area contributed by atoms with Gasteiger partial charge in [-0.3, -0.25) is 9.59 Å². The van der Waals surface area contributed by atoms with E-state index < -0.39 is 5.97 Å². The first-order chi connectivity index (χ1) is 14.1. The van der Waals surface area contributed by atoms with Gasteiger partial charge in [-0.05, 0) is 24.1 Å². The lowest BCUT2D eigenvalue weighted by atomic mass is 10.1. The highest BCUT2D eigenvalue weighted by atomic mass is 32.1. The van der Waals surface area contributed by atoms with Gasteiger partial charge < -0.3 is 9.72 Å². The smallest absolute Gasteiger partial charge is 0.310 e. The summed E-state index contributed by atoms with van der Waals surface area (Å²) in [7, 11) is 0. The molecule has 0 fully saturated rings. The van der Waals surface area contributed by atoms with Gasteiger partial charge in [-0.1, -0.05) is 43.3 Å². The molecule has 6 heteroatoms. The second-order valence-corrected chi connectivity index (χ2v) is 7.58. The second kappa shape index (κ2) is 8.41. The number of nitrogens with one attached hydrogen (secondary N) is 1. The third kappa shape index (κ3) is 4.27. The summed E-state index contributed by atoms with van der Waals surface area (Å²) in [4.78, 5) is 32.3. The molecule has 2 aromatic carbocycles. The molecule has 0 amide bonds. The number of pyridine rings is 1. The van der Waals surface area contributed by atoms with Gasteiger partial charge in [0.15, 0.2) is 5.43 Å². The molecule has 0 aliphatic heterocycles. The Labute approximate surface area is 172 Å². The molecule has 29 heavy (non-hydrogen) atoms. The van der Waals surface area contributed by atoms with Crippen LogP contribution in [-0.4, -0.2) is 15.9 Å². The van der Waals surface area contributed by atoms with Gasteiger partial charge in [0.25, 0.3) is 0 Å². The van der Waals surface area contributed by atoms with E-state index in [4.69, 9.17) is 4.74 Å². The van der Waals surface area contributed by atoms with Gasteiger partial charge in [-0.2, -0.15) is 0 Å². The molecule has 2 heterocycles. The molecule has 4 rings (SSSR count). The Balaban J connectivity index is 1.39. The predicted octanol–water partition coefficient (Wildman–Crippen LogP) is 4.50. The zero-order valence-corrected chi connectivity index (χ0v) is 16.8. The van der Waals surface area contributed by atoms with Crippen LogP contribution in [0.1, 0.15) is 23.7 Å². The Morgan fingerprint density at radius 2 is 1.93 bits per heavy atom. The van der Waals surface area contributed by atoms with Crippen LogP contribution < -0.4 is 5.43 Å². The van der Waals surface area contributed by atoms with Crippen LogP contribution in [0.5, 0.6) is 0 Å². The van der Waals surface area contributed by atoms with Crippen LogP contribution in [0, 0.1) is 0 Å². The third-order valence-corrected chi connectivity index (χ3v) is 5.68. The topological polar surface area (TPSA) is 72.0 Å². The maximum Gasteiger partial charge on any atom is 0.310 e. The summed E-state index contributed by atoms with van der Waals surface area (Å²) in [6.45, 7) is 2.21. The molecule has 0 saturated heterocycles. The number of esters is 1. The number of carbonyl (C=O) groups is 1. The van der Waals surface area contributed by atoms with Crippen molar-refractivity contribution >= 4 is 28.2 Å². The van der Waals surface area contributed by atoms with Crippen molar-refractivity contribution in [2.45, 2.75) is 26.4 Å². The van der Waals surface area contributed by atoms with E-state index in [9.17, 15) is 9.59 Å². The summed E-state index contributed by atoms with van der Waals surface area (Å²) >= 11 is 1.52. The van der Waals surface area contributed by atoms with Gasteiger partial charge >= 0.3 is 5.97 Å². The summed E-state index contributed by atoms with van der Waals surface area (Å²) in [5, 5.41) is 3.35. The number of fused-ring (bicyclic) bond motifs is 1. The van der Waals surface area contributed by atoms with Crippen LogP contribution in [-0.2, 0) is 29.0 Å². The number of aromatic nitrogens is 2. The maximum absolute atomic E-state index is 12.5. The molecular formula is C23H20N2O3S. The number of para-hydroxylation sites is 1. The van der Waals surface area contributed by atoms with E-state index in [1.54, 1.807) is 18.3 Å². The number of hydrogen-bond donors (Lipinski definition) is 1. The average Bonchev–Trinajstić information content (AvgIpc) is 3.24. The largest absolute Gasteiger partial charge is 0.459 e. The van der Waals surface area contributed by atoms with Crippen LogP contribution in [0.3, 0.4) is 0 Å². The average molecular weight is 404 g/mol. The monoisotopic (exact) mass is 404 g/mol. The van der Waals surface area contributed by atoms with Crippen LogP contribution in [0.4, 0.5) is 0 Å². The number of nitrogens with zero attached hydrogens (tertiary/aromatic N) is 1. The SMILES string of the molecule is CCc1ccc(-c2nc(COC(=O)Cc3c[nH]c4ccccc4c3=O)cs2)cc1. The highest BCUT2D eigenvalue weighted by Gasteiger charge is 2.12. The summed E-state index contributed by atoms with van der Waals surface area (Å²) in [5.41, 5.74) is 4.02. The molecule has 0 unspecified atom stereocenters. The molecule has 2 aromatic heterocycles. The first-order valence-electron chi connectivity index (χ1n) is 9.42. The van der Waals surface area contributed by atoms with Crippen molar-refractivity contribution in [1.82, 2.24) is 9.97 Å². The van der Waals surface area contributed by atoms with E-state index in [0.29, 0.717) is 16.6 Å². The van der Waals surface area contributed by atoms with Crippen molar-refractivity contribution < 1.29 is 9.53 Å². The minimum absolute atomic E-state index is 0.0738. The molecule has 0 spiro atoms. The van der Waals surface area contributed by atoms with Crippen molar-refractivity contribution in [3.05, 3.63) is 87.2 Å². The normalized spacial score (nSPS) is 10.9. The zero-order valence-electron chi connectivity index (χ0n) is 16.0. The van der Waals surface area contributed by atoms with Crippen LogP contribution in [0.2, 0.25) is 0 Å². The summed E-state index contributed by atoms with van der Waals surface area (Å²) in [5.74, 6) is -0.451. The van der Waals surface area contributed by atoms with Crippen molar-refractivity contribution in [3.8, 4) is 10.6 Å². The summed E-state index contributed by atoms with van der Waals surface area (Å²) < 4.78 is 5.34. The molecule has 0 atom stereocenters. The highest BCUT2D eigenvalue weighted by molar-refractivity contribution is 7.13. The Bertz CT molecular complexity index is 1210. The van der Waals surface area contributed by atoms with Gasteiger partial charge in [0.05, 0.1) is 12.1 Å². The van der Waals surface area contributed by atoms with E-state index in [-0.39, 0.29) is 18.5 Å². The maximum atomic E-state index is 12.5. The minimum Gasteiger partial charge on any atom is -0.459 e. The Morgan fingerprint density at radius 3 is 2.72 bits per heavy atom. The lowest BCUT2D eigenvalue weighted by molar-refractivity contribution is -0.144. The molecule has 5 nitrogen and oxygen atoms in total. The molecule has 0 saturated carbocycles. The fraction of sp³-hybridized carbons (Fsp3) is 0.174. The number of rotatable bonds is 6. The van der Waals surface area contributed by atoms with Crippen molar-refractivity contribution in [1.29, 1.82) is 0 Å². The van der Waals surface area contributed by atoms with E-state index in [2.05, 4.69) is 41.2 Å². The summed E-state index contributed by atoms with van der Waals surface area (Å²) in [6, 6.07) is 15.5. The van der Waals surface area contributed by atoms with E-state index in [1.807, 2.05) is 17.5 Å². The molecule has 4 aromatic rings. The zero-order chi connectivity index (χ0) is 20.2. The van der Waals surface area contributed by atoms with Crippen molar-refractivity contribution in [2.24, 2.45) is 0 Å². The van der Waals surface area contributed by atoms with Gasteiger partial charge in [0.2, 0.25) is 0 Å². The van der Waals surface area contributed by atoms with Gasteiger partial charge in [0.1, 0.15) is 11.6 Å². The van der Waals surface area contributed by atoms with Crippen LogP contribution >= 0.6 is 11.3 Å². The lowest BCUT2D eigenvalue weighted by Gasteiger charge is -2.04. The lowest BCUT2D eigenvalue weighted by Crippen LogP contribution is -2.16. The first-order valence-corrected chi connectivity index (χ1v) is 10.3. The van der Waals surface area contributed by atoms with E-state index in [1.165, 1.54) is 16.9 Å². The number of hydrogen-bond acceptors (Lipinski definition) is 5. The molecule has 1 N–H and O–H groups in total. The van der Waals surface area contributed by atoms with Crippen LogP contribution in [0.25, 0.3) is 21.5 Å². The number of H-pyrrole nitrogens is 1. The number of ether oxygens (including phenoxy) is 1. The Morgan fingerprint density at radius 1 is 1.14 bits per heavy atom. The molecule has 0 bridgehead atoms. The van der Waals surface area contributed by atoms with E-state index >= 15 is 0 Å². The van der Waals surface area contributed by atoms with E-state index in [0.717, 1.165) is 22.5 Å². The van der Waals surface area contributed by atoms with Gasteiger partial charge in [0, 0.05) is 33.6 Å². The Hall–Kier alpha value is -3.25. The number of aryl methyl sites for hydroxylation is 1. The van der Waals surface area contributed by atoms with Crippen molar-refractivity contribution in [3.63, 3.8) is 0 Å². The molecular weight excluding hydrogens is 384 g/mol. The summed E-state index contributed by atoms with van der Waals surface area (Å²) in [6.07, 6.45) is 2.50. The third-order valence-electron chi connectivity index (χ3n) is 4.74. The number of thiazole rings is 1. The predicted molar refractivity (Wildman–Crippen MR) is 115 cm³/mol. The fourth-order valence-electron chi connectivity index (χ4n) is 3.09. The number of benzene rings is 2. The quantitative estimate of drug-likeness (QED) is 0.480. The highest BCUT2D eigenvalue weighted by Crippen LogP contribution is 2.24. The van der Waals surface area contributed by atoms with Gasteiger partial charge in [-0.15, -0.1) is 11.3 Å².